The number of rotatable bonds is 1. The van der Waals surface area contributed by atoms with Crippen LogP contribution in [0.4, 0.5) is 8.78 Å². The van der Waals surface area contributed by atoms with Gasteiger partial charge in [0.15, 0.2) is 0 Å². The first kappa shape index (κ1) is 10.7. The fraction of sp³-hybridized carbons (Fsp3) is 0.857. The van der Waals surface area contributed by atoms with Gasteiger partial charge in [-0.3, -0.25) is 10.1 Å². The zero-order valence-corrected chi connectivity index (χ0v) is 7.48. The molecule has 0 unspecified atom stereocenters. The van der Waals surface area contributed by atoms with Crippen molar-refractivity contribution in [2.45, 2.75) is 30.8 Å². The van der Waals surface area contributed by atoms with Gasteiger partial charge < -0.3 is 5.11 Å². The van der Waals surface area contributed by atoms with Gasteiger partial charge in [0.2, 0.25) is 0 Å². The summed E-state index contributed by atoms with van der Waals surface area (Å²) in [6.45, 7) is 0. The van der Waals surface area contributed by atoms with Crippen LogP contribution in [0.15, 0.2) is 0 Å². The van der Waals surface area contributed by atoms with Crippen LogP contribution in [0, 0.1) is 5.92 Å². The minimum atomic E-state index is -2.70. The highest BCUT2D eigenvalue weighted by molar-refractivity contribution is 5.85. The van der Waals surface area contributed by atoms with Gasteiger partial charge in [0, 0.05) is 6.42 Å². The number of fused-ring (bicyclic) bond motifs is 2. The standard InChI is InChI=1S/C7H9F2NO2.ClH/c8-7(9)2-3-1-4(7)10-5(3)6(11)12;/h3-5,10H,1-2H2,(H,11,12);1H/t3-,4+,5+;/m0./s1. The molecule has 1 aliphatic carbocycles. The van der Waals surface area contributed by atoms with Crippen LogP contribution in [0.1, 0.15) is 12.8 Å². The monoisotopic (exact) mass is 213 g/mol. The van der Waals surface area contributed by atoms with Gasteiger partial charge in [-0.1, -0.05) is 0 Å². The van der Waals surface area contributed by atoms with E-state index in [2.05, 4.69) is 5.32 Å². The van der Waals surface area contributed by atoms with Crippen molar-refractivity contribution >= 4 is 18.4 Å². The lowest BCUT2D eigenvalue weighted by Crippen LogP contribution is -2.50. The molecule has 2 aliphatic rings. The molecule has 2 N–H and O–H groups in total. The third-order valence-electron chi connectivity index (χ3n) is 2.70. The zero-order chi connectivity index (χ0) is 8.93. The van der Waals surface area contributed by atoms with Crippen LogP contribution < -0.4 is 5.32 Å². The molecule has 0 spiro atoms. The van der Waals surface area contributed by atoms with Gasteiger partial charge in [0.05, 0.1) is 6.04 Å². The molecule has 2 rings (SSSR count). The van der Waals surface area contributed by atoms with Crippen molar-refractivity contribution in [2.24, 2.45) is 5.92 Å². The molecule has 1 aliphatic heterocycles. The van der Waals surface area contributed by atoms with Crippen molar-refractivity contribution < 1.29 is 18.7 Å². The number of alkyl halides is 2. The second-order valence-electron chi connectivity index (χ2n) is 3.50. The maximum atomic E-state index is 12.8. The smallest absolute Gasteiger partial charge is 0.320 e. The quantitative estimate of drug-likeness (QED) is 0.680. The maximum Gasteiger partial charge on any atom is 0.320 e. The molecule has 1 saturated carbocycles. The van der Waals surface area contributed by atoms with E-state index in [1.54, 1.807) is 0 Å². The Kier molecular flexibility index (Phi) is 2.51. The molecule has 2 bridgehead atoms. The van der Waals surface area contributed by atoms with Gasteiger partial charge in [0.25, 0.3) is 5.92 Å². The number of hydrogen-bond donors (Lipinski definition) is 2. The van der Waals surface area contributed by atoms with E-state index in [-0.39, 0.29) is 24.7 Å². The molecular weight excluding hydrogens is 204 g/mol. The number of piperidine rings is 1. The molecule has 76 valence electrons. The SMILES string of the molecule is Cl.O=C(O)[C@@H]1N[C@@H]2C[C@H]1CC2(F)F. The van der Waals surface area contributed by atoms with Crippen LogP contribution in [0.3, 0.4) is 0 Å². The normalized spacial score (nSPS) is 40.0. The van der Waals surface area contributed by atoms with Gasteiger partial charge in [-0.05, 0) is 12.3 Å². The van der Waals surface area contributed by atoms with Crippen molar-refractivity contribution in [3.05, 3.63) is 0 Å². The van der Waals surface area contributed by atoms with Gasteiger partial charge >= 0.3 is 5.97 Å². The molecule has 0 amide bonds. The predicted molar refractivity (Wildman–Crippen MR) is 43.3 cm³/mol. The van der Waals surface area contributed by atoms with Crippen LogP contribution >= 0.6 is 12.4 Å². The van der Waals surface area contributed by atoms with Gasteiger partial charge in [-0.15, -0.1) is 12.4 Å². The van der Waals surface area contributed by atoms with Crippen LogP contribution in [0.25, 0.3) is 0 Å². The molecule has 1 heterocycles. The van der Waals surface area contributed by atoms with E-state index >= 15 is 0 Å². The first-order valence-electron chi connectivity index (χ1n) is 3.87. The lowest BCUT2D eigenvalue weighted by molar-refractivity contribution is -0.142. The summed E-state index contributed by atoms with van der Waals surface area (Å²) in [6, 6.07) is -1.67. The number of carboxylic acid groups (broad SMARTS) is 1. The van der Waals surface area contributed by atoms with E-state index in [9.17, 15) is 13.6 Å². The molecule has 1 saturated heterocycles. The maximum absolute atomic E-state index is 12.8. The Labute approximate surface area is 79.9 Å². The molecule has 13 heavy (non-hydrogen) atoms. The van der Waals surface area contributed by atoms with Crippen molar-refractivity contribution in [2.75, 3.05) is 0 Å². The molecule has 0 radical (unpaired) electrons. The zero-order valence-electron chi connectivity index (χ0n) is 6.67. The average molecular weight is 214 g/mol. The average Bonchev–Trinajstić information content (AvgIpc) is 2.40. The third kappa shape index (κ3) is 1.50. The number of halogens is 3. The summed E-state index contributed by atoms with van der Waals surface area (Å²) in [7, 11) is 0. The Morgan fingerprint density at radius 1 is 1.54 bits per heavy atom. The highest BCUT2D eigenvalue weighted by Gasteiger charge is 2.58. The predicted octanol–water partition coefficient (Wildman–Crippen LogP) is 0.878. The Morgan fingerprint density at radius 3 is 2.46 bits per heavy atom. The number of nitrogens with one attached hydrogen (secondary N) is 1. The lowest BCUT2D eigenvalue weighted by atomic mass is 9.99. The van der Waals surface area contributed by atoms with Crippen molar-refractivity contribution in [1.82, 2.24) is 5.32 Å². The molecule has 2 fully saturated rings. The fourth-order valence-electron chi connectivity index (χ4n) is 2.12. The van der Waals surface area contributed by atoms with E-state index in [1.165, 1.54) is 0 Å². The van der Waals surface area contributed by atoms with Crippen LogP contribution in [0.5, 0.6) is 0 Å². The Hall–Kier alpha value is -0.420. The number of carboxylic acids is 1. The number of carbonyl (C=O) groups is 1. The van der Waals surface area contributed by atoms with Crippen LogP contribution in [-0.4, -0.2) is 29.1 Å². The van der Waals surface area contributed by atoms with Crippen LogP contribution in [-0.2, 0) is 4.79 Å². The molecule has 6 heteroatoms. The molecule has 0 aromatic heterocycles. The van der Waals surface area contributed by atoms with Crippen LogP contribution in [0.2, 0.25) is 0 Å². The molecule has 3 atom stereocenters. The Balaban J connectivity index is 0.000000845. The highest BCUT2D eigenvalue weighted by atomic mass is 35.5. The highest BCUT2D eigenvalue weighted by Crippen LogP contribution is 2.45. The lowest BCUT2D eigenvalue weighted by Gasteiger charge is -2.26. The van der Waals surface area contributed by atoms with E-state index in [4.69, 9.17) is 5.11 Å². The summed E-state index contributed by atoms with van der Waals surface area (Å²) in [5.41, 5.74) is 0. The fourth-order valence-corrected chi connectivity index (χ4v) is 2.12. The second kappa shape index (κ2) is 3.06. The van der Waals surface area contributed by atoms with Gasteiger partial charge in [-0.25, -0.2) is 8.78 Å². The number of aliphatic carboxylic acids is 1. The summed E-state index contributed by atoms with van der Waals surface area (Å²) in [4.78, 5) is 10.5. The third-order valence-corrected chi connectivity index (χ3v) is 2.70. The molecule has 0 aromatic carbocycles. The molecular formula is C7H10ClF2NO2. The molecule has 3 nitrogen and oxygen atoms in total. The topological polar surface area (TPSA) is 49.3 Å². The molecule has 0 aromatic rings. The minimum absolute atomic E-state index is 0. The Morgan fingerprint density at radius 2 is 2.15 bits per heavy atom. The first-order chi connectivity index (χ1) is 5.50. The van der Waals surface area contributed by atoms with Crippen molar-refractivity contribution in [1.29, 1.82) is 0 Å². The van der Waals surface area contributed by atoms with Gasteiger partial charge in [-0.2, -0.15) is 0 Å². The van der Waals surface area contributed by atoms with E-state index < -0.39 is 24.0 Å². The Bertz CT molecular complexity index is 237. The van der Waals surface area contributed by atoms with Crippen molar-refractivity contribution in [3.63, 3.8) is 0 Å². The van der Waals surface area contributed by atoms with E-state index in [1.807, 2.05) is 0 Å². The number of hydrogen-bond acceptors (Lipinski definition) is 2. The summed E-state index contributed by atoms with van der Waals surface area (Å²) >= 11 is 0. The largest absolute Gasteiger partial charge is 0.480 e. The first-order valence-corrected chi connectivity index (χ1v) is 3.87. The summed E-state index contributed by atoms with van der Waals surface area (Å²) in [6.07, 6.45) is 0.0194. The van der Waals surface area contributed by atoms with Crippen molar-refractivity contribution in [3.8, 4) is 0 Å². The summed E-state index contributed by atoms with van der Waals surface area (Å²) in [5, 5.41) is 11.0. The minimum Gasteiger partial charge on any atom is -0.480 e. The second-order valence-corrected chi connectivity index (χ2v) is 3.50. The van der Waals surface area contributed by atoms with Gasteiger partial charge in [0.1, 0.15) is 6.04 Å². The summed E-state index contributed by atoms with van der Waals surface area (Å²) < 4.78 is 25.6. The van der Waals surface area contributed by atoms with E-state index in [0.29, 0.717) is 6.42 Å². The van der Waals surface area contributed by atoms with E-state index in [0.717, 1.165) is 0 Å². The summed E-state index contributed by atoms with van der Waals surface area (Å²) in [5.74, 6) is -4.10.